The molecule has 196 valence electrons. The molecule has 3 N–H and O–H groups in total. The number of rotatable bonds is 6. The van der Waals surface area contributed by atoms with Crippen LogP contribution in [0.15, 0.2) is 42.5 Å². The Bertz CT molecular complexity index is 1370. The maximum atomic E-state index is 13.0. The molecular formula is C30H33N5O2S. The summed E-state index contributed by atoms with van der Waals surface area (Å²) in [5.41, 5.74) is 6.55. The van der Waals surface area contributed by atoms with Gasteiger partial charge in [0.2, 0.25) is 11.9 Å². The summed E-state index contributed by atoms with van der Waals surface area (Å²) in [5.74, 6) is 3.57. The predicted molar refractivity (Wildman–Crippen MR) is 154 cm³/mol. The van der Waals surface area contributed by atoms with Crippen molar-refractivity contribution in [2.75, 3.05) is 21.7 Å². The van der Waals surface area contributed by atoms with Gasteiger partial charge in [0.05, 0.1) is 17.1 Å². The maximum Gasteiger partial charge on any atom is 0.229 e. The SMILES string of the molecule is O=C1CCCc2cc(Nc3nc4c(c(Nc5ccccc5NC(=O)C5CCCCC5)n3)CSCC4)ccc21. The van der Waals surface area contributed by atoms with Gasteiger partial charge in [-0.2, -0.15) is 16.7 Å². The Kier molecular flexibility index (Phi) is 7.31. The van der Waals surface area contributed by atoms with Crippen LogP contribution in [0.1, 0.15) is 72.1 Å². The fourth-order valence-electron chi connectivity index (χ4n) is 5.67. The highest BCUT2D eigenvalue weighted by atomic mass is 32.2. The smallest absolute Gasteiger partial charge is 0.229 e. The van der Waals surface area contributed by atoms with E-state index in [0.717, 1.165) is 102 Å². The Hall–Kier alpha value is -3.39. The number of benzene rings is 2. The summed E-state index contributed by atoms with van der Waals surface area (Å²) in [4.78, 5) is 35.0. The van der Waals surface area contributed by atoms with E-state index >= 15 is 0 Å². The molecule has 0 atom stereocenters. The zero-order valence-corrected chi connectivity index (χ0v) is 22.3. The number of anilines is 5. The molecule has 0 radical (unpaired) electrons. The van der Waals surface area contributed by atoms with E-state index in [-0.39, 0.29) is 17.6 Å². The third-order valence-corrected chi connectivity index (χ3v) is 8.73. The van der Waals surface area contributed by atoms with Crippen molar-refractivity contribution < 1.29 is 9.59 Å². The Balaban J connectivity index is 1.27. The number of hydrogen-bond acceptors (Lipinski definition) is 7. The first-order valence-corrected chi connectivity index (χ1v) is 14.9. The number of aromatic nitrogens is 2. The van der Waals surface area contributed by atoms with Crippen LogP contribution in [0.5, 0.6) is 0 Å². The third kappa shape index (κ3) is 5.41. The van der Waals surface area contributed by atoms with E-state index in [4.69, 9.17) is 9.97 Å². The lowest BCUT2D eigenvalue weighted by Gasteiger charge is -2.23. The molecule has 1 saturated carbocycles. The molecule has 2 heterocycles. The second kappa shape index (κ2) is 11.2. The molecule has 1 amide bonds. The van der Waals surface area contributed by atoms with Crippen LogP contribution >= 0.6 is 11.8 Å². The Morgan fingerprint density at radius 3 is 2.61 bits per heavy atom. The van der Waals surface area contributed by atoms with Gasteiger partial charge in [-0.1, -0.05) is 31.4 Å². The fourth-order valence-corrected chi connectivity index (χ4v) is 6.66. The van der Waals surface area contributed by atoms with E-state index in [1.807, 2.05) is 54.2 Å². The molecule has 1 aliphatic heterocycles. The van der Waals surface area contributed by atoms with Gasteiger partial charge in [-0.3, -0.25) is 9.59 Å². The first kappa shape index (κ1) is 24.9. The van der Waals surface area contributed by atoms with Gasteiger partial charge in [-0.15, -0.1) is 0 Å². The molecule has 3 aliphatic rings. The van der Waals surface area contributed by atoms with Gasteiger partial charge >= 0.3 is 0 Å². The molecule has 6 rings (SSSR count). The molecule has 7 nitrogen and oxygen atoms in total. The summed E-state index contributed by atoms with van der Waals surface area (Å²) in [5, 5.41) is 10.1. The molecule has 38 heavy (non-hydrogen) atoms. The Morgan fingerprint density at radius 1 is 0.895 bits per heavy atom. The summed E-state index contributed by atoms with van der Waals surface area (Å²) in [6.07, 6.45) is 8.71. The average Bonchev–Trinajstić information content (AvgIpc) is 2.95. The number of hydrogen-bond donors (Lipinski definition) is 3. The van der Waals surface area contributed by atoms with Gasteiger partial charge in [0.1, 0.15) is 5.82 Å². The van der Waals surface area contributed by atoms with Gasteiger partial charge in [0.15, 0.2) is 5.78 Å². The summed E-state index contributed by atoms with van der Waals surface area (Å²) in [7, 11) is 0. The molecule has 0 spiro atoms. The minimum absolute atomic E-state index is 0.0859. The Morgan fingerprint density at radius 2 is 1.74 bits per heavy atom. The normalized spacial score (nSPS) is 17.3. The van der Waals surface area contributed by atoms with Crippen LogP contribution in [0.25, 0.3) is 0 Å². The number of ketones is 1. The summed E-state index contributed by atoms with van der Waals surface area (Å²) in [6.45, 7) is 0. The maximum absolute atomic E-state index is 13.0. The van der Waals surface area contributed by atoms with Crippen LogP contribution < -0.4 is 16.0 Å². The third-order valence-electron chi connectivity index (χ3n) is 7.75. The minimum Gasteiger partial charge on any atom is -0.338 e. The second-order valence-electron chi connectivity index (χ2n) is 10.4. The molecule has 1 fully saturated rings. The lowest BCUT2D eigenvalue weighted by atomic mass is 9.88. The molecule has 2 aromatic carbocycles. The highest BCUT2D eigenvalue weighted by Gasteiger charge is 2.23. The van der Waals surface area contributed by atoms with E-state index in [1.165, 1.54) is 6.42 Å². The van der Waals surface area contributed by atoms with Crippen molar-refractivity contribution in [2.24, 2.45) is 5.92 Å². The van der Waals surface area contributed by atoms with Crippen LogP contribution in [0.3, 0.4) is 0 Å². The predicted octanol–water partition coefficient (Wildman–Crippen LogP) is 6.79. The largest absolute Gasteiger partial charge is 0.338 e. The number of fused-ring (bicyclic) bond motifs is 2. The number of aryl methyl sites for hydroxylation is 2. The summed E-state index contributed by atoms with van der Waals surface area (Å²) < 4.78 is 0. The van der Waals surface area contributed by atoms with Gasteiger partial charge in [-0.25, -0.2) is 4.98 Å². The zero-order chi connectivity index (χ0) is 25.9. The zero-order valence-electron chi connectivity index (χ0n) is 21.5. The van der Waals surface area contributed by atoms with Crippen LogP contribution in [0.2, 0.25) is 0 Å². The van der Waals surface area contributed by atoms with E-state index in [1.54, 1.807) is 0 Å². The Labute approximate surface area is 227 Å². The molecular weight excluding hydrogens is 494 g/mol. The fraction of sp³-hybridized carbons (Fsp3) is 0.400. The number of nitrogens with one attached hydrogen (secondary N) is 3. The van der Waals surface area contributed by atoms with Gasteiger partial charge in [-0.05, 0) is 73.8 Å². The molecule has 0 bridgehead atoms. The van der Waals surface area contributed by atoms with Crippen molar-refractivity contribution in [2.45, 2.75) is 63.5 Å². The summed E-state index contributed by atoms with van der Waals surface area (Å²) in [6, 6.07) is 13.7. The van der Waals surface area contributed by atoms with Gasteiger partial charge in [0, 0.05) is 34.9 Å². The van der Waals surface area contributed by atoms with Crippen molar-refractivity contribution in [1.29, 1.82) is 0 Å². The molecule has 8 heteroatoms. The molecule has 2 aliphatic carbocycles. The first-order valence-electron chi connectivity index (χ1n) is 13.7. The number of carbonyl (C=O) groups excluding carboxylic acids is 2. The highest BCUT2D eigenvalue weighted by molar-refractivity contribution is 7.98. The monoisotopic (exact) mass is 527 g/mol. The molecule has 0 unspecified atom stereocenters. The van der Waals surface area contributed by atoms with Crippen LogP contribution in [0.4, 0.5) is 28.8 Å². The van der Waals surface area contributed by atoms with Gasteiger partial charge < -0.3 is 16.0 Å². The van der Waals surface area contributed by atoms with E-state index < -0.39 is 0 Å². The molecule has 1 aromatic heterocycles. The number of nitrogens with zero attached hydrogens (tertiary/aromatic N) is 2. The minimum atomic E-state index is 0.0859. The van der Waals surface area contributed by atoms with Crippen molar-refractivity contribution in [1.82, 2.24) is 9.97 Å². The standard InChI is InChI=1S/C30H33N5O2S/c36-27-12-6-9-20-17-21(13-14-22(20)27)31-30-34-24-15-16-38-18-23(24)28(35-30)32-25-10-4-5-11-26(25)33-29(37)19-7-2-1-3-8-19/h4-5,10-11,13-14,17,19H,1-3,6-9,12,15-16,18H2,(H,33,37)(H2,31,32,34,35). The van der Waals surface area contributed by atoms with Crippen molar-refractivity contribution in [3.8, 4) is 0 Å². The molecule has 0 saturated heterocycles. The second-order valence-corrected chi connectivity index (χ2v) is 11.5. The number of amides is 1. The van der Waals surface area contributed by atoms with Crippen LogP contribution in [-0.4, -0.2) is 27.4 Å². The first-order chi connectivity index (χ1) is 18.6. The van der Waals surface area contributed by atoms with E-state index in [2.05, 4.69) is 16.0 Å². The number of para-hydroxylation sites is 2. The lowest BCUT2D eigenvalue weighted by molar-refractivity contribution is -0.120. The topological polar surface area (TPSA) is 96.0 Å². The number of thioether (sulfide) groups is 1. The van der Waals surface area contributed by atoms with E-state index in [0.29, 0.717) is 12.4 Å². The lowest BCUT2D eigenvalue weighted by Crippen LogP contribution is -2.25. The summed E-state index contributed by atoms with van der Waals surface area (Å²) >= 11 is 1.88. The number of Topliss-reactive ketones (excluding diaryl/α,β-unsaturated/α-hetero) is 1. The van der Waals surface area contributed by atoms with Crippen LogP contribution in [-0.2, 0) is 23.4 Å². The van der Waals surface area contributed by atoms with Crippen molar-refractivity contribution in [3.05, 3.63) is 64.8 Å². The number of carbonyl (C=O) groups is 2. The van der Waals surface area contributed by atoms with Crippen molar-refractivity contribution in [3.63, 3.8) is 0 Å². The average molecular weight is 528 g/mol. The molecule has 3 aromatic rings. The van der Waals surface area contributed by atoms with Gasteiger partial charge in [0.25, 0.3) is 0 Å². The van der Waals surface area contributed by atoms with Crippen molar-refractivity contribution >= 4 is 52.3 Å². The quantitative estimate of drug-likeness (QED) is 0.325. The van der Waals surface area contributed by atoms with Crippen LogP contribution in [0, 0.1) is 5.92 Å². The van der Waals surface area contributed by atoms with E-state index in [9.17, 15) is 9.59 Å². The highest BCUT2D eigenvalue weighted by Crippen LogP contribution is 2.35.